The first-order chi connectivity index (χ1) is 16.7. The number of aromatic nitrogens is 1. The summed E-state index contributed by atoms with van der Waals surface area (Å²) in [4.78, 5) is 17.1. The van der Waals surface area contributed by atoms with Crippen molar-refractivity contribution in [2.45, 2.75) is 20.0 Å². The number of carbonyl (C=O) groups excluding carboxylic acids is 1. The Labute approximate surface area is 200 Å². The molecule has 2 heterocycles. The number of hydrogen-bond acceptors (Lipinski definition) is 4. The van der Waals surface area contributed by atoms with Crippen molar-refractivity contribution < 1.29 is 4.79 Å². The molecule has 1 N–H and O–H groups in total. The van der Waals surface area contributed by atoms with Gasteiger partial charge in [-0.2, -0.15) is 5.10 Å². The number of carbonyl (C=O) groups is 1. The maximum absolute atomic E-state index is 12.4. The first-order valence-electron chi connectivity index (χ1n) is 12.0. The van der Waals surface area contributed by atoms with E-state index in [9.17, 15) is 4.79 Å². The van der Waals surface area contributed by atoms with E-state index in [1.165, 1.54) is 27.4 Å². The van der Waals surface area contributed by atoms with Crippen LogP contribution in [0.1, 0.15) is 18.1 Å². The van der Waals surface area contributed by atoms with Crippen LogP contribution in [-0.4, -0.2) is 59.2 Å². The summed E-state index contributed by atoms with van der Waals surface area (Å²) in [6.07, 6.45) is 1.73. The quantitative estimate of drug-likeness (QED) is 0.339. The molecule has 0 bridgehead atoms. The number of hydrazone groups is 1. The third kappa shape index (κ3) is 4.88. The first kappa shape index (κ1) is 22.3. The topological polar surface area (TPSA) is 52.9 Å². The normalized spacial score (nSPS) is 15.4. The number of benzene rings is 3. The SMILES string of the molecule is CCn1c2ccccc2c2cc(/C=N\NC(=O)CN3CCN(Cc4ccccc4)CC3)ccc21. The largest absolute Gasteiger partial charge is 0.341 e. The Morgan fingerprint density at radius 1 is 0.882 bits per heavy atom. The predicted molar refractivity (Wildman–Crippen MR) is 139 cm³/mol. The summed E-state index contributed by atoms with van der Waals surface area (Å²) in [5.74, 6) is -0.0728. The number of nitrogens with one attached hydrogen (secondary N) is 1. The van der Waals surface area contributed by atoms with E-state index in [4.69, 9.17) is 0 Å². The standard InChI is InChI=1S/C28H31N5O/c1-2-33-26-11-7-6-10-24(26)25-18-23(12-13-27(25)33)19-29-30-28(34)21-32-16-14-31(15-17-32)20-22-8-4-3-5-9-22/h3-13,18-19H,2,14-17,20-21H2,1H3,(H,30,34)/b29-19-. The molecule has 1 aliphatic heterocycles. The molecule has 0 unspecified atom stereocenters. The average Bonchev–Trinajstić information content (AvgIpc) is 3.19. The van der Waals surface area contributed by atoms with Crippen LogP contribution < -0.4 is 5.43 Å². The maximum Gasteiger partial charge on any atom is 0.254 e. The van der Waals surface area contributed by atoms with Crippen LogP contribution in [0.15, 0.2) is 77.9 Å². The van der Waals surface area contributed by atoms with Gasteiger partial charge in [0.1, 0.15) is 0 Å². The molecule has 4 aromatic rings. The van der Waals surface area contributed by atoms with E-state index in [1.807, 2.05) is 6.07 Å². The van der Waals surface area contributed by atoms with Gasteiger partial charge >= 0.3 is 0 Å². The molecule has 6 heteroatoms. The number of rotatable bonds is 7. The van der Waals surface area contributed by atoms with Crippen molar-refractivity contribution in [2.75, 3.05) is 32.7 Å². The number of amides is 1. The van der Waals surface area contributed by atoms with Gasteiger partial charge in [-0.1, -0.05) is 54.6 Å². The lowest BCUT2D eigenvalue weighted by Gasteiger charge is -2.34. The summed E-state index contributed by atoms with van der Waals surface area (Å²) in [7, 11) is 0. The fraction of sp³-hybridized carbons (Fsp3) is 0.286. The zero-order valence-corrected chi connectivity index (χ0v) is 19.7. The van der Waals surface area contributed by atoms with Crippen LogP contribution in [0, 0.1) is 0 Å². The summed E-state index contributed by atoms with van der Waals surface area (Å²) in [5.41, 5.74) is 7.47. The second-order valence-electron chi connectivity index (χ2n) is 8.87. The van der Waals surface area contributed by atoms with Crippen LogP contribution in [-0.2, 0) is 17.9 Å². The Morgan fingerprint density at radius 2 is 1.59 bits per heavy atom. The van der Waals surface area contributed by atoms with Crippen LogP contribution in [0.25, 0.3) is 21.8 Å². The zero-order valence-electron chi connectivity index (χ0n) is 19.7. The number of nitrogens with zero attached hydrogens (tertiary/aromatic N) is 4. The molecule has 0 radical (unpaired) electrons. The molecular formula is C28H31N5O. The summed E-state index contributed by atoms with van der Waals surface area (Å²) in [5, 5.41) is 6.67. The van der Waals surface area contributed by atoms with E-state index in [2.05, 4.69) is 98.5 Å². The van der Waals surface area contributed by atoms with Gasteiger partial charge in [-0.05, 0) is 36.2 Å². The molecule has 1 aliphatic rings. The summed E-state index contributed by atoms with van der Waals surface area (Å²) >= 11 is 0. The fourth-order valence-electron chi connectivity index (χ4n) is 4.86. The number of aryl methyl sites for hydroxylation is 1. The molecule has 34 heavy (non-hydrogen) atoms. The number of piperazine rings is 1. The Balaban J connectivity index is 1.15. The molecule has 1 fully saturated rings. The van der Waals surface area contributed by atoms with Gasteiger partial charge in [-0.15, -0.1) is 0 Å². The van der Waals surface area contributed by atoms with Crippen LogP contribution in [0.3, 0.4) is 0 Å². The van der Waals surface area contributed by atoms with E-state index in [1.54, 1.807) is 6.21 Å². The Bertz CT molecular complexity index is 1300. The van der Waals surface area contributed by atoms with Gasteiger partial charge in [-0.25, -0.2) is 5.43 Å². The Hall–Kier alpha value is -3.48. The van der Waals surface area contributed by atoms with Crippen molar-refractivity contribution in [1.29, 1.82) is 0 Å². The molecule has 1 aromatic heterocycles. The minimum absolute atomic E-state index is 0.0728. The van der Waals surface area contributed by atoms with Crippen LogP contribution in [0.2, 0.25) is 0 Å². The minimum atomic E-state index is -0.0728. The lowest BCUT2D eigenvalue weighted by atomic mass is 10.1. The van der Waals surface area contributed by atoms with Crippen LogP contribution >= 0.6 is 0 Å². The maximum atomic E-state index is 12.4. The molecule has 174 valence electrons. The molecule has 0 aliphatic carbocycles. The molecule has 3 aromatic carbocycles. The number of para-hydroxylation sites is 1. The zero-order chi connectivity index (χ0) is 23.3. The lowest BCUT2D eigenvalue weighted by molar-refractivity contribution is -0.122. The highest BCUT2D eigenvalue weighted by molar-refractivity contribution is 6.09. The molecule has 0 spiro atoms. The smallest absolute Gasteiger partial charge is 0.254 e. The van der Waals surface area contributed by atoms with Gasteiger partial charge < -0.3 is 4.57 Å². The highest BCUT2D eigenvalue weighted by atomic mass is 16.2. The minimum Gasteiger partial charge on any atom is -0.341 e. The van der Waals surface area contributed by atoms with Gasteiger partial charge in [0, 0.05) is 61.1 Å². The molecular weight excluding hydrogens is 422 g/mol. The molecule has 1 amide bonds. The summed E-state index contributed by atoms with van der Waals surface area (Å²) in [6, 6.07) is 25.3. The van der Waals surface area contributed by atoms with Crippen molar-refractivity contribution in [3.8, 4) is 0 Å². The molecule has 6 nitrogen and oxygen atoms in total. The van der Waals surface area contributed by atoms with E-state index >= 15 is 0 Å². The van der Waals surface area contributed by atoms with Gasteiger partial charge in [0.05, 0.1) is 12.8 Å². The molecule has 0 atom stereocenters. The van der Waals surface area contributed by atoms with Crippen molar-refractivity contribution >= 4 is 33.9 Å². The molecule has 1 saturated heterocycles. The highest BCUT2D eigenvalue weighted by Crippen LogP contribution is 2.29. The van der Waals surface area contributed by atoms with Crippen LogP contribution in [0.5, 0.6) is 0 Å². The van der Waals surface area contributed by atoms with Gasteiger partial charge in [-0.3, -0.25) is 14.6 Å². The second kappa shape index (κ2) is 10.2. The fourth-order valence-corrected chi connectivity index (χ4v) is 4.86. The monoisotopic (exact) mass is 453 g/mol. The van der Waals surface area contributed by atoms with Gasteiger partial charge in [0.2, 0.25) is 0 Å². The molecule has 5 rings (SSSR count). The average molecular weight is 454 g/mol. The van der Waals surface area contributed by atoms with Crippen molar-refractivity contribution in [3.63, 3.8) is 0 Å². The summed E-state index contributed by atoms with van der Waals surface area (Å²) in [6.45, 7) is 8.15. The van der Waals surface area contributed by atoms with Crippen LogP contribution in [0.4, 0.5) is 0 Å². The van der Waals surface area contributed by atoms with Gasteiger partial charge in [0.25, 0.3) is 5.91 Å². The third-order valence-electron chi connectivity index (χ3n) is 6.60. The van der Waals surface area contributed by atoms with Gasteiger partial charge in [0.15, 0.2) is 0 Å². The first-order valence-corrected chi connectivity index (χ1v) is 12.0. The third-order valence-corrected chi connectivity index (χ3v) is 6.60. The predicted octanol–water partition coefficient (Wildman–Crippen LogP) is 4.08. The van der Waals surface area contributed by atoms with Crippen molar-refractivity contribution in [1.82, 2.24) is 19.8 Å². The lowest BCUT2D eigenvalue weighted by Crippen LogP contribution is -2.48. The second-order valence-corrected chi connectivity index (χ2v) is 8.87. The highest BCUT2D eigenvalue weighted by Gasteiger charge is 2.18. The van der Waals surface area contributed by atoms with Crippen molar-refractivity contribution in [2.24, 2.45) is 5.10 Å². The van der Waals surface area contributed by atoms with E-state index in [-0.39, 0.29) is 5.91 Å². The molecule has 0 saturated carbocycles. The van der Waals surface area contributed by atoms with E-state index < -0.39 is 0 Å². The Kier molecular flexibility index (Phi) is 6.70. The Morgan fingerprint density at radius 3 is 2.38 bits per heavy atom. The van der Waals surface area contributed by atoms with E-state index in [0.29, 0.717) is 6.54 Å². The number of hydrogen-bond donors (Lipinski definition) is 1. The van der Waals surface area contributed by atoms with E-state index in [0.717, 1.165) is 44.8 Å². The van der Waals surface area contributed by atoms with Crippen molar-refractivity contribution in [3.05, 3.63) is 83.9 Å². The number of fused-ring (bicyclic) bond motifs is 3. The summed E-state index contributed by atoms with van der Waals surface area (Å²) < 4.78 is 2.33.